The van der Waals surface area contributed by atoms with Crippen LogP contribution in [0, 0.1) is 5.82 Å². The average molecular weight is 432 g/mol. The Morgan fingerprint density at radius 3 is 2.77 bits per heavy atom. The van der Waals surface area contributed by atoms with E-state index in [-0.39, 0.29) is 37.7 Å². The number of hydrogen-bond acceptors (Lipinski definition) is 6. The second kappa shape index (κ2) is 11.2. The number of aliphatic hydroxyl groups is 1. The van der Waals surface area contributed by atoms with Crippen molar-refractivity contribution in [1.29, 1.82) is 0 Å². The fraction of sp³-hybridized carbons (Fsp3) is 0.435. The predicted molar refractivity (Wildman–Crippen MR) is 114 cm³/mol. The number of nitrogens with one attached hydrogen (secondary N) is 2. The van der Waals surface area contributed by atoms with Crippen molar-refractivity contribution >= 4 is 5.97 Å². The van der Waals surface area contributed by atoms with Crippen molar-refractivity contribution < 1.29 is 28.9 Å². The second-order valence-electron chi connectivity index (χ2n) is 7.64. The quantitative estimate of drug-likeness (QED) is 0.534. The SMILES string of the molecule is C[C@@H]1CCOCC(O)NC(Cc2cccc(-c3ccccc3OCCC(=O)O)c2F)N1. The molecule has 2 unspecified atom stereocenters. The van der Waals surface area contributed by atoms with Crippen molar-refractivity contribution in [2.24, 2.45) is 0 Å². The molecular weight excluding hydrogens is 403 g/mol. The number of carboxylic acid groups (broad SMARTS) is 1. The van der Waals surface area contributed by atoms with Crippen LogP contribution in [0.25, 0.3) is 11.1 Å². The van der Waals surface area contributed by atoms with E-state index in [2.05, 4.69) is 10.6 Å². The summed E-state index contributed by atoms with van der Waals surface area (Å²) < 4.78 is 26.5. The topological polar surface area (TPSA) is 100 Å². The van der Waals surface area contributed by atoms with Crippen LogP contribution in [-0.4, -0.2) is 54.4 Å². The summed E-state index contributed by atoms with van der Waals surface area (Å²) in [6.45, 7) is 2.74. The Kier molecular flexibility index (Phi) is 8.36. The van der Waals surface area contributed by atoms with Crippen LogP contribution in [0.5, 0.6) is 5.75 Å². The first-order valence-corrected chi connectivity index (χ1v) is 10.4. The lowest BCUT2D eigenvalue weighted by Crippen LogP contribution is -2.52. The molecule has 0 aromatic heterocycles. The molecule has 3 atom stereocenters. The number of aliphatic hydroxyl groups excluding tert-OH is 1. The summed E-state index contributed by atoms with van der Waals surface area (Å²) in [4.78, 5) is 10.8. The highest BCUT2D eigenvalue weighted by Crippen LogP contribution is 2.33. The van der Waals surface area contributed by atoms with E-state index in [0.29, 0.717) is 35.5 Å². The number of para-hydroxylation sites is 1. The van der Waals surface area contributed by atoms with E-state index in [1.54, 1.807) is 42.5 Å². The van der Waals surface area contributed by atoms with Gasteiger partial charge in [-0.05, 0) is 25.0 Å². The highest BCUT2D eigenvalue weighted by Gasteiger charge is 2.21. The first-order valence-electron chi connectivity index (χ1n) is 10.4. The highest BCUT2D eigenvalue weighted by atomic mass is 19.1. The fourth-order valence-electron chi connectivity index (χ4n) is 3.56. The van der Waals surface area contributed by atoms with Gasteiger partial charge in [0.2, 0.25) is 0 Å². The van der Waals surface area contributed by atoms with Gasteiger partial charge in [-0.25, -0.2) is 4.39 Å². The third-order valence-electron chi connectivity index (χ3n) is 5.10. The van der Waals surface area contributed by atoms with Gasteiger partial charge in [0.25, 0.3) is 0 Å². The highest BCUT2D eigenvalue weighted by molar-refractivity contribution is 5.72. The zero-order valence-electron chi connectivity index (χ0n) is 17.5. The molecule has 4 N–H and O–H groups in total. The van der Waals surface area contributed by atoms with Crippen LogP contribution in [0.15, 0.2) is 42.5 Å². The Hall–Kier alpha value is -2.52. The first-order chi connectivity index (χ1) is 14.9. The van der Waals surface area contributed by atoms with E-state index in [4.69, 9.17) is 14.6 Å². The molecule has 0 spiro atoms. The smallest absolute Gasteiger partial charge is 0.306 e. The van der Waals surface area contributed by atoms with Crippen LogP contribution in [0.3, 0.4) is 0 Å². The average Bonchev–Trinajstić information content (AvgIpc) is 2.80. The van der Waals surface area contributed by atoms with Crippen molar-refractivity contribution in [3.8, 4) is 16.9 Å². The molecule has 1 heterocycles. The molecule has 0 saturated carbocycles. The maximum atomic E-state index is 15.5. The number of carbonyl (C=O) groups is 1. The third-order valence-corrected chi connectivity index (χ3v) is 5.10. The van der Waals surface area contributed by atoms with E-state index in [9.17, 15) is 9.90 Å². The number of aliphatic carboxylic acids is 1. The molecule has 7 nitrogen and oxygen atoms in total. The van der Waals surface area contributed by atoms with Crippen LogP contribution in [-0.2, 0) is 16.0 Å². The van der Waals surface area contributed by atoms with Gasteiger partial charge in [0, 0.05) is 30.2 Å². The number of rotatable bonds is 7. The van der Waals surface area contributed by atoms with Crippen molar-refractivity contribution in [2.75, 3.05) is 19.8 Å². The lowest BCUT2D eigenvalue weighted by molar-refractivity contribution is -0.137. The fourth-order valence-corrected chi connectivity index (χ4v) is 3.56. The monoisotopic (exact) mass is 432 g/mol. The van der Waals surface area contributed by atoms with E-state index in [1.807, 2.05) is 6.92 Å². The largest absolute Gasteiger partial charge is 0.492 e. The molecule has 1 aliphatic heterocycles. The molecule has 1 aliphatic rings. The molecule has 3 rings (SSSR count). The molecule has 1 saturated heterocycles. The Bertz CT molecular complexity index is 865. The van der Waals surface area contributed by atoms with Gasteiger partial charge in [-0.15, -0.1) is 0 Å². The number of ether oxygens (including phenoxy) is 2. The second-order valence-corrected chi connectivity index (χ2v) is 7.64. The predicted octanol–water partition coefficient (Wildman–Crippen LogP) is 2.52. The summed E-state index contributed by atoms with van der Waals surface area (Å²) in [5, 5.41) is 25.4. The number of halogens is 1. The van der Waals surface area contributed by atoms with E-state index >= 15 is 4.39 Å². The normalized spacial score (nSPS) is 22.2. The Labute approximate surface area is 181 Å². The lowest BCUT2D eigenvalue weighted by Gasteiger charge is -2.25. The van der Waals surface area contributed by atoms with Crippen LogP contribution >= 0.6 is 0 Å². The first kappa shape index (κ1) is 23.1. The molecule has 2 aromatic carbocycles. The van der Waals surface area contributed by atoms with Crippen LogP contribution in [0.1, 0.15) is 25.3 Å². The molecule has 2 aromatic rings. The summed E-state index contributed by atoms with van der Waals surface area (Å²) in [6.07, 6.45) is -0.214. The number of hydrogen-bond donors (Lipinski definition) is 4. The minimum absolute atomic E-state index is 0.00141. The summed E-state index contributed by atoms with van der Waals surface area (Å²) >= 11 is 0. The van der Waals surface area contributed by atoms with Crippen LogP contribution < -0.4 is 15.4 Å². The summed E-state index contributed by atoms with van der Waals surface area (Å²) in [7, 11) is 0. The zero-order chi connectivity index (χ0) is 22.2. The van der Waals surface area contributed by atoms with Crippen LogP contribution in [0.4, 0.5) is 4.39 Å². The third kappa shape index (κ3) is 6.73. The minimum atomic E-state index is -0.956. The molecule has 168 valence electrons. The Morgan fingerprint density at radius 2 is 1.97 bits per heavy atom. The van der Waals surface area contributed by atoms with Crippen molar-refractivity contribution in [2.45, 2.75) is 44.6 Å². The van der Waals surface area contributed by atoms with Gasteiger partial charge in [0.15, 0.2) is 0 Å². The summed E-state index contributed by atoms with van der Waals surface area (Å²) in [5.41, 5.74) is 1.43. The molecule has 0 amide bonds. The van der Waals surface area contributed by atoms with Gasteiger partial charge in [-0.2, -0.15) is 0 Å². The van der Waals surface area contributed by atoms with Crippen LogP contribution in [0.2, 0.25) is 0 Å². The number of carboxylic acids is 1. The Morgan fingerprint density at radius 1 is 1.19 bits per heavy atom. The molecule has 31 heavy (non-hydrogen) atoms. The lowest BCUT2D eigenvalue weighted by atomic mass is 9.99. The van der Waals surface area contributed by atoms with Gasteiger partial charge < -0.3 is 19.7 Å². The van der Waals surface area contributed by atoms with Crippen molar-refractivity contribution in [1.82, 2.24) is 10.6 Å². The van der Waals surface area contributed by atoms with E-state index in [0.717, 1.165) is 6.42 Å². The standard InChI is InChI=1S/C23H29FN2O5/c1-15-9-11-30-14-21(27)26-20(25-15)13-16-5-4-7-18(23(16)24)17-6-2-3-8-19(17)31-12-10-22(28)29/h2-8,15,20-21,25-27H,9-14H2,1H3,(H,28,29)/t15-,20?,21?/m1/s1. The molecule has 1 fully saturated rings. The summed E-state index contributed by atoms with van der Waals surface area (Å²) in [6, 6.07) is 12.3. The van der Waals surface area contributed by atoms with E-state index < -0.39 is 12.2 Å². The maximum Gasteiger partial charge on any atom is 0.306 e. The van der Waals surface area contributed by atoms with Gasteiger partial charge in [-0.3, -0.25) is 15.4 Å². The summed E-state index contributed by atoms with van der Waals surface area (Å²) in [5.74, 6) is -0.902. The Balaban J connectivity index is 1.82. The maximum absolute atomic E-state index is 15.5. The molecule has 0 aliphatic carbocycles. The molecule has 8 heteroatoms. The molecular formula is C23H29FN2O5. The van der Waals surface area contributed by atoms with E-state index in [1.165, 1.54) is 0 Å². The van der Waals surface area contributed by atoms with Gasteiger partial charge >= 0.3 is 5.97 Å². The van der Waals surface area contributed by atoms with Crippen molar-refractivity contribution in [3.63, 3.8) is 0 Å². The van der Waals surface area contributed by atoms with Gasteiger partial charge in [-0.1, -0.05) is 36.4 Å². The molecule has 0 bridgehead atoms. The van der Waals surface area contributed by atoms with Gasteiger partial charge in [0.05, 0.1) is 25.8 Å². The zero-order valence-corrected chi connectivity index (χ0v) is 17.5. The van der Waals surface area contributed by atoms with Crippen molar-refractivity contribution in [3.05, 3.63) is 53.8 Å². The van der Waals surface area contributed by atoms with Gasteiger partial charge in [0.1, 0.15) is 17.8 Å². The number of benzene rings is 2. The molecule has 0 radical (unpaired) electrons. The minimum Gasteiger partial charge on any atom is -0.492 e.